The molecule has 1 heterocycles. The van der Waals surface area contributed by atoms with Gasteiger partial charge in [0.1, 0.15) is 5.82 Å². The number of guanidine groups is 1. The Balaban J connectivity index is 0.00000312. The zero-order valence-electron chi connectivity index (χ0n) is 15.3. The Morgan fingerprint density at radius 3 is 2.92 bits per heavy atom. The predicted molar refractivity (Wildman–Crippen MR) is 109 cm³/mol. The van der Waals surface area contributed by atoms with Crippen molar-refractivity contribution in [1.29, 1.82) is 0 Å². The van der Waals surface area contributed by atoms with E-state index in [2.05, 4.69) is 22.1 Å². The largest absolute Gasteiger partial charge is 0.381 e. The lowest BCUT2D eigenvalue weighted by Crippen LogP contribution is -2.41. The van der Waals surface area contributed by atoms with Crippen LogP contribution in [0.15, 0.2) is 23.2 Å². The van der Waals surface area contributed by atoms with Crippen molar-refractivity contribution in [3.05, 3.63) is 35.1 Å². The van der Waals surface area contributed by atoms with Gasteiger partial charge < -0.3 is 19.7 Å². The summed E-state index contributed by atoms with van der Waals surface area (Å²) in [5, 5.41) is 3.31. The highest BCUT2D eigenvalue weighted by molar-refractivity contribution is 14.0. The monoisotopic (exact) mass is 465 g/mol. The lowest BCUT2D eigenvalue weighted by Gasteiger charge is -2.24. The Labute approximate surface area is 167 Å². The SMILES string of the molecule is CCNC(=NCc1ccc(F)c(COC)c1)N(C)CC1CCOC1.I. The summed E-state index contributed by atoms with van der Waals surface area (Å²) in [6.45, 7) is 6.23. The van der Waals surface area contributed by atoms with Crippen molar-refractivity contribution >= 4 is 29.9 Å². The van der Waals surface area contributed by atoms with Gasteiger partial charge in [-0.15, -0.1) is 24.0 Å². The number of hydrogen-bond donors (Lipinski definition) is 1. The van der Waals surface area contributed by atoms with Gasteiger partial charge in [-0.2, -0.15) is 0 Å². The van der Waals surface area contributed by atoms with Crippen LogP contribution in [-0.4, -0.2) is 51.3 Å². The second-order valence-corrected chi connectivity index (χ2v) is 6.14. The van der Waals surface area contributed by atoms with Gasteiger partial charge in [0.15, 0.2) is 5.96 Å². The van der Waals surface area contributed by atoms with Crippen molar-refractivity contribution < 1.29 is 13.9 Å². The first-order chi connectivity index (χ1) is 11.6. The Morgan fingerprint density at radius 2 is 2.28 bits per heavy atom. The summed E-state index contributed by atoms with van der Waals surface area (Å²) >= 11 is 0. The van der Waals surface area contributed by atoms with Crippen LogP contribution in [0.3, 0.4) is 0 Å². The third-order valence-electron chi connectivity index (χ3n) is 4.07. The molecule has 0 aromatic heterocycles. The van der Waals surface area contributed by atoms with E-state index in [0.29, 0.717) is 18.0 Å². The lowest BCUT2D eigenvalue weighted by molar-refractivity contribution is 0.181. The smallest absolute Gasteiger partial charge is 0.193 e. The molecule has 0 spiro atoms. The number of methoxy groups -OCH3 is 1. The number of nitrogens with zero attached hydrogens (tertiary/aromatic N) is 2. The Kier molecular flexibility index (Phi) is 10.3. The molecule has 1 N–H and O–H groups in total. The van der Waals surface area contributed by atoms with Crippen LogP contribution in [0.4, 0.5) is 4.39 Å². The van der Waals surface area contributed by atoms with E-state index in [1.165, 1.54) is 6.07 Å². The van der Waals surface area contributed by atoms with Crippen molar-refractivity contribution in [2.75, 3.05) is 40.5 Å². The summed E-state index contributed by atoms with van der Waals surface area (Å²) < 4.78 is 24.2. The van der Waals surface area contributed by atoms with E-state index in [0.717, 1.165) is 44.2 Å². The molecule has 0 radical (unpaired) electrons. The summed E-state index contributed by atoms with van der Waals surface area (Å²) in [5.41, 5.74) is 1.53. The average Bonchev–Trinajstić information content (AvgIpc) is 3.07. The third kappa shape index (κ3) is 7.07. The molecule has 7 heteroatoms. The molecule has 2 rings (SSSR count). The van der Waals surface area contributed by atoms with Crippen LogP contribution >= 0.6 is 24.0 Å². The number of hydrogen-bond acceptors (Lipinski definition) is 3. The molecule has 1 fully saturated rings. The molecule has 1 unspecified atom stereocenters. The summed E-state index contributed by atoms with van der Waals surface area (Å²) in [5.74, 6) is 1.18. The molecule has 1 aliphatic rings. The molecule has 5 nitrogen and oxygen atoms in total. The van der Waals surface area contributed by atoms with E-state index in [1.54, 1.807) is 13.2 Å². The first kappa shape index (κ1) is 22.1. The zero-order chi connectivity index (χ0) is 17.4. The Morgan fingerprint density at radius 1 is 1.48 bits per heavy atom. The highest BCUT2D eigenvalue weighted by atomic mass is 127. The highest BCUT2D eigenvalue weighted by Crippen LogP contribution is 2.14. The molecule has 0 bridgehead atoms. The zero-order valence-corrected chi connectivity index (χ0v) is 17.6. The fourth-order valence-corrected chi connectivity index (χ4v) is 2.83. The van der Waals surface area contributed by atoms with Crippen LogP contribution in [0.2, 0.25) is 0 Å². The third-order valence-corrected chi connectivity index (χ3v) is 4.07. The molecule has 1 aliphatic heterocycles. The van der Waals surface area contributed by atoms with Crippen LogP contribution < -0.4 is 5.32 Å². The molecule has 142 valence electrons. The molecular weight excluding hydrogens is 436 g/mol. The van der Waals surface area contributed by atoms with E-state index < -0.39 is 0 Å². The van der Waals surface area contributed by atoms with Gasteiger partial charge in [-0.25, -0.2) is 9.38 Å². The lowest BCUT2D eigenvalue weighted by atomic mass is 10.1. The van der Waals surface area contributed by atoms with Crippen LogP contribution in [0.5, 0.6) is 0 Å². The van der Waals surface area contributed by atoms with Gasteiger partial charge in [0.2, 0.25) is 0 Å². The van der Waals surface area contributed by atoms with Gasteiger partial charge >= 0.3 is 0 Å². The van der Waals surface area contributed by atoms with Gasteiger partial charge in [0.05, 0.1) is 19.8 Å². The molecule has 0 aliphatic carbocycles. The van der Waals surface area contributed by atoms with Crippen LogP contribution in [0.25, 0.3) is 0 Å². The van der Waals surface area contributed by atoms with Crippen molar-refractivity contribution in [3.8, 4) is 0 Å². The first-order valence-corrected chi connectivity index (χ1v) is 8.47. The standard InChI is InChI=1S/C18H28FN3O2.HI/c1-4-20-18(22(2)11-15-7-8-24-12-15)21-10-14-5-6-17(19)16(9-14)13-23-3;/h5-6,9,15H,4,7-8,10-13H2,1-3H3,(H,20,21);1H. The van der Waals surface area contributed by atoms with Crippen LogP contribution in [0, 0.1) is 11.7 Å². The molecule has 1 atom stereocenters. The van der Waals surface area contributed by atoms with Crippen molar-refractivity contribution in [2.45, 2.75) is 26.5 Å². The highest BCUT2D eigenvalue weighted by Gasteiger charge is 2.19. The normalized spacial score (nSPS) is 17.3. The maximum absolute atomic E-state index is 13.7. The van der Waals surface area contributed by atoms with Crippen molar-refractivity contribution in [1.82, 2.24) is 10.2 Å². The van der Waals surface area contributed by atoms with E-state index >= 15 is 0 Å². The summed E-state index contributed by atoms with van der Waals surface area (Å²) in [4.78, 5) is 6.83. The maximum atomic E-state index is 13.7. The van der Waals surface area contributed by atoms with Gasteiger partial charge in [-0.05, 0) is 31.0 Å². The second kappa shape index (κ2) is 11.6. The quantitative estimate of drug-likeness (QED) is 0.382. The van der Waals surface area contributed by atoms with Gasteiger partial charge in [0.25, 0.3) is 0 Å². The first-order valence-electron chi connectivity index (χ1n) is 8.47. The number of nitrogens with one attached hydrogen (secondary N) is 1. The van der Waals surface area contributed by atoms with Crippen LogP contribution in [-0.2, 0) is 22.6 Å². The van der Waals surface area contributed by atoms with E-state index in [-0.39, 0.29) is 36.4 Å². The minimum absolute atomic E-state index is 0. The topological polar surface area (TPSA) is 46.1 Å². The molecule has 0 amide bonds. The predicted octanol–water partition coefficient (Wildman–Crippen LogP) is 3.02. The fourth-order valence-electron chi connectivity index (χ4n) is 2.83. The van der Waals surface area contributed by atoms with Gasteiger partial charge in [-0.1, -0.05) is 6.07 Å². The summed E-state index contributed by atoms with van der Waals surface area (Å²) in [6.07, 6.45) is 1.10. The number of benzene rings is 1. The van der Waals surface area contributed by atoms with Gasteiger partial charge in [-0.3, -0.25) is 0 Å². The number of halogens is 2. The summed E-state index contributed by atoms with van der Waals surface area (Å²) in [6, 6.07) is 5.06. The molecule has 1 saturated heterocycles. The average molecular weight is 465 g/mol. The number of aliphatic imine (C=N–C) groups is 1. The molecule has 1 aromatic carbocycles. The molecule has 0 saturated carbocycles. The van der Waals surface area contributed by atoms with Crippen molar-refractivity contribution in [2.24, 2.45) is 10.9 Å². The molecular formula is C18H29FIN3O2. The van der Waals surface area contributed by atoms with E-state index in [1.807, 2.05) is 13.1 Å². The molecule has 25 heavy (non-hydrogen) atoms. The Hall–Kier alpha value is -0.930. The van der Waals surface area contributed by atoms with E-state index in [4.69, 9.17) is 9.47 Å². The number of rotatable bonds is 7. The minimum Gasteiger partial charge on any atom is -0.381 e. The molecule has 1 aromatic rings. The van der Waals surface area contributed by atoms with Gasteiger partial charge in [0, 0.05) is 45.3 Å². The minimum atomic E-state index is -0.241. The van der Waals surface area contributed by atoms with E-state index in [9.17, 15) is 4.39 Å². The summed E-state index contributed by atoms with van der Waals surface area (Å²) in [7, 11) is 3.61. The fraction of sp³-hybridized carbons (Fsp3) is 0.611. The Bertz CT molecular complexity index is 551. The van der Waals surface area contributed by atoms with Crippen molar-refractivity contribution in [3.63, 3.8) is 0 Å². The van der Waals surface area contributed by atoms with Crippen LogP contribution in [0.1, 0.15) is 24.5 Å². The number of ether oxygens (including phenoxy) is 2. The second-order valence-electron chi connectivity index (χ2n) is 6.14. The maximum Gasteiger partial charge on any atom is 0.193 e.